The number of hydrogen-bond donors (Lipinski definition) is 1. The molecule has 0 radical (unpaired) electrons. The normalized spacial score (nSPS) is 20.2. The molecule has 1 atom stereocenters. The van der Waals surface area contributed by atoms with Crippen LogP contribution in [-0.2, 0) is 19.5 Å². The molecule has 0 bridgehead atoms. The number of nitrogens with zero attached hydrogens (tertiary/aromatic N) is 4. The van der Waals surface area contributed by atoms with Gasteiger partial charge in [0, 0.05) is 32.2 Å². The maximum absolute atomic E-state index is 13.0. The molecule has 138 valence electrons. The highest BCUT2D eigenvalue weighted by Crippen LogP contribution is 2.22. The summed E-state index contributed by atoms with van der Waals surface area (Å²) >= 11 is 0. The van der Waals surface area contributed by atoms with Gasteiger partial charge in [0.1, 0.15) is 5.82 Å². The summed E-state index contributed by atoms with van der Waals surface area (Å²) in [6.45, 7) is 4.14. The van der Waals surface area contributed by atoms with E-state index in [9.17, 15) is 9.18 Å². The molecule has 4 rings (SSSR count). The number of carbonyl (C=O) groups excluding carboxylic acids is 1. The lowest BCUT2D eigenvalue weighted by molar-refractivity contribution is 0.220. The van der Waals surface area contributed by atoms with Crippen molar-refractivity contribution in [2.45, 2.75) is 25.9 Å². The van der Waals surface area contributed by atoms with Gasteiger partial charge in [-0.2, -0.15) is 5.10 Å². The number of rotatable bonds is 3. The zero-order valence-corrected chi connectivity index (χ0v) is 15.0. The van der Waals surface area contributed by atoms with Gasteiger partial charge in [-0.25, -0.2) is 9.18 Å². The van der Waals surface area contributed by atoms with E-state index < -0.39 is 0 Å². The van der Waals surface area contributed by atoms with Crippen LogP contribution in [0.3, 0.4) is 0 Å². The minimum absolute atomic E-state index is 0.0876. The lowest BCUT2D eigenvalue weighted by Gasteiger charge is -2.22. The predicted molar refractivity (Wildman–Crippen MR) is 97.4 cm³/mol. The average molecular weight is 357 g/mol. The number of hydrogen-bond acceptors (Lipinski definition) is 3. The molecule has 2 aromatic rings. The van der Waals surface area contributed by atoms with E-state index in [0.29, 0.717) is 11.7 Å². The number of anilines is 1. The minimum atomic E-state index is -0.213. The van der Waals surface area contributed by atoms with E-state index in [1.807, 2.05) is 27.8 Å². The van der Waals surface area contributed by atoms with Crippen LogP contribution in [0, 0.1) is 11.7 Å². The highest BCUT2D eigenvalue weighted by molar-refractivity contribution is 5.88. The van der Waals surface area contributed by atoms with E-state index in [4.69, 9.17) is 0 Å². The summed E-state index contributed by atoms with van der Waals surface area (Å²) in [6, 6.07) is 8.50. The third-order valence-corrected chi connectivity index (χ3v) is 5.23. The van der Waals surface area contributed by atoms with Crippen LogP contribution in [0.15, 0.2) is 30.3 Å². The molecule has 26 heavy (non-hydrogen) atoms. The molecular formula is C19H24FN5O. The smallest absolute Gasteiger partial charge is 0.323 e. The summed E-state index contributed by atoms with van der Waals surface area (Å²) in [5.41, 5.74) is 2.24. The third-order valence-electron chi connectivity index (χ3n) is 5.23. The van der Waals surface area contributed by atoms with E-state index in [1.165, 1.54) is 12.1 Å². The van der Waals surface area contributed by atoms with Crippen LogP contribution in [0.2, 0.25) is 0 Å². The van der Waals surface area contributed by atoms with E-state index >= 15 is 0 Å². The standard InChI is InChI=1S/C19H24FN5O/c1-23-8-9-25-17(13-23)11-18(22-25)21-19(26)24-7-6-15(12-24)10-14-2-4-16(20)5-3-14/h2-5,11,15H,6-10,12-13H2,1H3,(H,21,22,26). The molecule has 1 unspecified atom stereocenters. The number of benzene rings is 1. The van der Waals surface area contributed by atoms with E-state index in [1.54, 1.807) is 0 Å². The molecule has 1 aromatic carbocycles. The first-order valence-corrected chi connectivity index (χ1v) is 9.12. The van der Waals surface area contributed by atoms with Crippen LogP contribution >= 0.6 is 0 Å². The van der Waals surface area contributed by atoms with Gasteiger partial charge in [0.05, 0.1) is 12.2 Å². The topological polar surface area (TPSA) is 53.4 Å². The Morgan fingerprint density at radius 1 is 1.27 bits per heavy atom. The molecule has 2 aliphatic rings. The van der Waals surface area contributed by atoms with Gasteiger partial charge in [0.2, 0.25) is 0 Å². The minimum Gasteiger partial charge on any atom is -0.324 e. The first-order valence-electron chi connectivity index (χ1n) is 9.12. The van der Waals surface area contributed by atoms with Gasteiger partial charge in [0.25, 0.3) is 0 Å². The summed E-state index contributed by atoms with van der Waals surface area (Å²) in [5.74, 6) is 0.826. The fourth-order valence-electron chi connectivity index (χ4n) is 3.78. The zero-order chi connectivity index (χ0) is 18.1. The lowest BCUT2D eigenvalue weighted by atomic mass is 9.99. The van der Waals surface area contributed by atoms with Crippen molar-refractivity contribution in [1.29, 1.82) is 0 Å². The molecule has 1 N–H and O–H groups in total. The summed E-state index contributed by atoms with van der Waals surface area (Å²) in [6.07, 6.45) is 1.84. The Labute approximate surface area is 152 Å². The molecule has 3 heterocycles. The van der Waals surface area contributed by atoms with Gasteiger partial charge in [-0.3, -0.25) is 14.9 Å². The van der Waals surface area contributed by atoms with Crippen LogP contribution in [-0.4, -0.2) is 52.3 Å². The van der Waals surface area contributed by atoms with E-state index in [0.717, 1.165) is 56.8 Å². The lowest BCUT2D eigenvalue weighted by Crippen LogP contribution is -2.33. The SMILES string of the molecule is CN1CCn2nc(NC(=O)N3CCC(Cc4ccc(F)cc4)C3)cc2C1. The molecule has 0 spiro atoms. The summed E-state index contributed by atoms with van der Waals surface area (Å²) in [5, 5.41) is 7.42. The van der Waals surface area contributed by atoms with Crippen molar-refractivity contribution in [2.75, 3.05) is 32.0 Å². The quantitative estimate of drug-likeness (QED) is 0.919. The number of amides is 2. The molecule has 1 fully saturated rings. The number of aromatic nitrogens is 2. The second-order valence-corrected chi connectivity index (χ2v) is 7.34. The summed E-state index contributed by atoms with van der Waals surface area (Å²) in [7, 11) is 2.08. The van der Waals surface area contributed by atoms with Crippen LogP contribution in [0.25, 0.3) is 0 Å². The number of likely N-dealkylation sites (N-methyl/N-ethyl adjacent to an activating group) is 1. The Bertz CT molecular complexity index is 788. The average Bonchev–Trinajstić information content (AvgIpc) is 3.23. The highest BCUT2D eigenvalue weighted by Gasteiger charge is 2.27. The Morgan fingerprint density at radius 2 is 2.08 bits per heavy atom. The van der Waals surface area contributed by atoms with Crippen molar-refractivity contribution in [2.24, 2.45) is 5.92 Å². The molecule has 6 nitrogen and oxygen atoms in total. The van der Waals surface area contributed by atoms with Crippen molar-refractivity contribution in [3.05, 3.63) is 47.4 Å². The van der Waals surface area contributed by atoms with Gasteiger partial charge in [-0.05, 0) is 43.5 Å². The molecule has 0 saturated carbocycles. The van der Waals surface area contributed by atoms with Gasteiger partial charge in [-0.1, -0.05) is 12.1 Å². The van der Waals surface area contributed by atoms with Gasteiger partial charge in [0.15, 0.2) is 5.82 Å². The van der Waals surface area contributed by atoms with Crippen molar-refractivity contribution in [1.82, 2.24) is 19.6 Å². The maximum Gasteiger partial charge on any atom is 0.323 e. The van der Waals surface area contributed by atoms with Crippen molar-refractivity contribution in [3.63, 3.8) is 0 Å². The molecular weight excluding hydrogens is 333 g/mol. The zero-order valence-electron chi connectivity index (χ0n) is 15.0. The molecule has 7 heteroatoms. The number of carbonyl (C=O) groups is 1. The Balaban J connectivity index is 1.32. The van der Waals surface area contributed by atoms with Gasteiger partial charge >= 0.3 is 6.03 Å². The highest BCUT2D eigenvalue weighted by atomic mass is 19.1. The first kappa shape index (κ1) is 17.0. The van der Waals surface area contributed by atoms with Crippen molar-refractivity contribution < 1.29 is 9.18 Å². The molecule has 2 amide bonds. The van der Waals surface area contributed by atoms with E-state index in [2.05, 4.69) is 22.4 Å². The van der Waals surface area contributed by atoms with Crippen molar-refractivity contribution in [3.8, 4) is 0 Å². The van der Waals surface area contributed by atoms with Crippen molar-refractivity contribution >= 4 is 11.8 Å². The van der Waals surface area contributed by atoms with Crippen LogP contribution < -0.4 is 5.32 Å². The predicted octanol–water partition coefficient (Wildman–Crippen LogP) is 2.56. The third kappa shape index (κ3) is 3.72. The first-order chi connectivity index (χ1) is 12.6. The molecule has 0 aliphatic carbocycles. The fraction of sp³-hybridized carbons (Fsp3) is 0.474. The number of fused-ring (bicyclic) bond motifs is 1. The Morgan fingerprint density at radius 3 is 2.88 bits per heavy atom. The van der Waals surface area contributed by atoms with Crippen LogP contribution in [0.1, 0.15) is 17.7 Å². The van der Waals surface area contributed by atoms with Crippen LogP contribution in [0.5, 0.6) is 0 Å². The number of likely N-dealkylation sites (tertiary alicyclic amines) is 1. The summed E-state index contributed by atoms with van der Waals surface area (Å²) in [4.78, 5) is 16.6. The fourth-order valence-corrected chi connectivity index (χ4v) is 3.78. The summed E-state index contributed by atoms with van der Waals surface area (Å²) < 4.78 is 15.0. The van der Waals surface area contributed by atoms with E-state index in [-0.39, 0.29) is 11.8 Å². The monoisotopic (exact) mass is 357 g/mol. The van der Waals surface area contributed by atoms with Gasteiger partial charge < -0.3 is 4.90 Å². The second-order valence-electron chi connectivity index (χ2n) is 7.34. The number of nitrogens with one attached hydrogen (secondary N) is 1. The van der Waals surface area contributed by atoms with Gasteiger partial charge in [-0.15, -0.1) is 0 Å². The van der Waals surface area contributed by atoms with Crippen LogP contribution in [0.4, 0.5) is 15.0 Å². The maximum atomic E-state index is 13.0. The Kier molecular flexibility index (Phi) is 4.63. The second kappa shape index (κ2) is 7.07. The molecule has 1 saturated heterocycles. The number of halogens is 1. The number of urea groups is 1. The Hall–Kier alpha value is -2.41. The molecule has 1 aromatic heterocycles. The molecule has 2 aliphatic heterocycles. The largest absolute Gasteiger partial charge is 0.324 e.